The van der Waals surface area contributed by atoms with Gasteiger partial charge in [0.25, 0.3) is 0 Å². The summed E-state index contributed by atoms with van der Waals surface area (Å²) in [4.78, 5) is 13.5. The number of rotatable bonds is 69. The van der Waals surface area contributed by atoms with E-state index in [1.54, 1.807) is 6.08 Å². The van der Waals surface area contributed by atoms with E-state index in [4.69, 9.17) is 28.4 Å². The molecule has 634 valence electrons. The maximum Gasteiger partial charge on any atom is 0.220 e. The molecule has 0 aromatic heterocycles. The normalized spacial score (nSPS) is 25.8. The minimum atomic E-state index is -1.99. The van der Waals surface area contributed by atoms with Gasteiger partial charge in [0, 0.05) is 6.42 Å². The Bertz CT molecular complexity index is 2460. The highest BCUT2D eigenvalue weighted by Gasteiger charge is 2.54. The Morgan fingerprint density at radius 1 is 0.336 bits per heavy atom. The van der Waals surface area contributed by atoms with Crippen molar-refractivity contribution in [3.8, 4) is 0 Å². The highest BCUT2D eigenvalue weighted by atomic mass is 16.8. The van der Waals surface area contributed by atoms with E-state index in [1.807, 2.05) is 6.08 Å². The number of hydrogen-bond donors (Lipinski definition) is 12. The number of allylic oxidation sites excluding steroid dienone is 19. The maximum atomic E-state index is 13.5. The second kappa shape index (κ2) is 69.5. The van der Waals surface area contributed by atoms with Crippen LogP contribution in [0.3, 0.4) is 0 Å². The molecule has 0 saturated carbocycles. The molecule has 3 fully saturated rings. The molecule has 3 heterocycles. The van der Waals surface area contributed by atoms with Crippen LogP contribution in [0.15, 0.2) is 122 Å². The zero-order valence-corrected chi connectivity index (χ0v) is 68.2. The summed E-state index contributed by atoms with van der Waals surface area (Å²) in [5, 5.41) is 121. The van der Waals surface area contributed by atoms with Crippen molar-refractivity contribution >= 4 is 5.91 Å². The number of amides is 1. The van der Waals surface area contributed by atoms with Gasteiger partial charge in [0.1, 0.15) is 73.2 Å². The molecule has 3 aliphatic rings. The molecule has 0 aliphatic carbocycles. The molecule has 3 aliphatic heterocycles. The number of carbonyl (C=O) groups excluding carboxylic acids is 1. The van der Waals surface area contributed by atoms with E-state index in [-0.39, 0.29) is 18.9 Å². The summed E-state index contributed by atoms with van der Waals surface area (Å²) in [5.74, 6) is -0.289. The van der Waals surface area contributed by atoms with Crippen LogP contribution in [0.25, 0.3) is 0 Å². The molecule has 0 bridgehead atoms. The topological polar surface area (TPSA) is 307 Å². The van der Waals surface area contributed by atoms with Crippen molar-refractivity contribution in [1.29, 1.82) is 0 Å². The van der Waals surface area contributed by atoms with Gasteiger partial charge < -0.3 is 89.9 Å². The number of aliphatic hydroxyl groups is 11. The van der Waals surface area contributed by atoms with Gasteiger partial charge in [-0.25, -0.2) is 0 Å². The van der Waals surface area contributed by atoms with E-state index < -0.39 is 124 Å². The molecule has 110 heavy (non-hydrogen) atoms. The quantitative estimate of drug-likeness (QED) is 0.0199. The third kappa shape index (κ3) is 47.9. The van der Waals surface area contributed by atoms with E-state index in [0.717, 1.165) is 89.9 Å². The lowest BCUT2D eigenvalue weighted by atomic mass is 9.96. The average molecular weight is 1550 g/mol. The Morgan fingerprint density at radius 3 is 1.02 bits per heavy atom. The minimum absolute atomic E-state index is 0.227. The van der Waals surface area contributed by atoms with Crippen molar-refractivity contribution in [2.75, 3.05) is 26.4 Å². The van der Waals surface area contributed by atoms with Crippen molar-refractivity contribution in [3.63, 3.8) is 0 Å². The van der Waals surface area contributed by atoms with Gasteiger partial charge in [-0.05, 0) is 103 Å². The van der Waals surface area contributed by atoms with E-state index in [0.29, 0.717) is 12.8 Å². The summed E-state index contributed by atoms with van der Waals surface area (Å²) in [5.41, 5.74) is 0. The van der Waals surface area contributed by atoms with E-state index in [9.17, 15) is 61.0 Å². The number of unbranched alkanes of at least 4 members (excludes halogenated alkanes) is 35. The molecule has 0 radical (unpaired) electrons. The Labute approximate surface area is 665 Å². The molecular weight excluding hydrogens is 1390 g/mol. The highest BCUT2D eigenvalue weighted by molar-refractivity contribution is 5.76. The average Bonchev–Trinajstić information content (AvgIpc) is 0.780. The van der Waals surface area contributed by atoms with Gasteiger partial charge in [0.15, 0.2) is 18.9 Å². The van der Waals surface area contributed by atoms with Crippen LogP contribution in [0.5, 0.6) is 0 Å². The van der Waals surface area contributed by atoms with Crippen LogP contribution in [0, 0.1) is 0 Å². The third-order valence-electron chi connectivity index (χ3n) is 21.0. The fraction of sp³-hybridized carbons (Fsp3) is 0.769. The summed E-state index contributed by atoms with van der Waals surface area (Å²) in [6.45, 7) is 1.62. The van der Waals surface area contributed by atoms with Gasteiger partial charge >= 0.3 is 0 Å². The molecule has 12 N–H and O–H groups in total. The van der Waals surface area contributed by atoms with Crippen LogP contribution in [0.2, 0.25) is 0 Å². The van der Waals surface area contributed by atoms with Crippen LogP contribution in [0.1, 0.15) is 316 Å². The molecule has 3 rings (SSSR count). The molecule has 0 aromatic carbocycles. The number of aliphatic hydroxyl groups excluding tert-OH is 11. The Kier molecular flexibility index (Phi) is 63.4. The van der Waals surface area contributed by atoms with Crippen molar-refractivity contribution in [2.45, 2.75) is 420 Å². The summed E-state index contributed by atoms with van der Waals surface area (Å²) in [6, 6.07) is -1.00. The number of nitrogens with one attached hydrogen (secondary N) is 1. The fourth-order valence-corrected chi connectivity index (χ4v) is 14.0. The molecule has 17 atom stereocenters. The summed E-state index contributed by atoms with van der Waals surface area (Å²) >= 11 is 0. The van der Waals surface area contributed by atoms with Crippen LogP contribution in [-0.4, -0.2) is 193 Å². The zero-order valence-electron chi connectivity index (χ0n) is 68.2. The second-order valence-electron chi connectivity index (χ2n) is 30.6. The van der Waals surface area contributed by atoms with Crippen molar-refractivity contribution in [3.05, 3.63) is 122 Å². The first-order valence-electron chi connectivity index (χ1n) is 43.8. The highest BCUT2D eigenvalue weighted by Crippen LogP contribution is 2.33. The molecule has 19 nitrogen and oxygen atoms in total. The lowest BCUT2D eigenvalue weighted by Crippen LogP contribution is -2.66. The Hall–Kier alpha value is -3.81. The van der Waals surface area contributed by atoms with Crippen molar-refractivity contribution in [2.24, 2.45) is 0 Å². The number of ether oxygens (including phenoxy) is 6. The molecule has 0 aromatic rings. The maximum absolute atomic E-state index is 13.5. The smallest absolute Gasteiger partial charge is 0.220 e. The standard InChI is InChI=1S/C91H157NO18/c1-3-5-7-9-11-13-15-17-19-21-23-25-27-29-31-32-33-34-35-36-37-38-39-40-41-42-43-45-47-49-51-53-55-57-59-61-63-65-67-69-79(97)92-74(75(96)68-66-64-62-60-58-56-54-52-50-48-46-44-30-28-26-24-22-20-18-16-14-12-10-8-6-4-2)73-105-89-85(103)82(100)87(77(71-94)107-89)110-91-86(104)83(101)88(78(72-95)108-91)109-90-84(102)81(99)80(98)76(70-93)106-90/h5,7,11,13,17,19,23,25,29,31,33-34,36-37,50,52,58,60,66,68,74-78,80-91,93-96,98-104H,3-4,6,8-10,12,14-16,18,20-22,24,26-28,30,32,35,38-49,51,53-57,59,61-65,67,69-73H2,1-2H3,(H,92,97)/b7-5-,13-11-,19-17-,25-23-,31-29-,34-33-,37-36-,52-50+,60-58+,68-66+. The third-order valence-corrected chi connectivity index (χ3v) is 21.0. The molecular formula is C91H157NO18. The SMILES string of the molecule is CC/C=C\C/C=C\C/C=C\C/C=C\C/C=C\C/C=C\C/C=C\CCCCCCCCCCCCCCCCCCCC(=O)NC(COC1OC(CO)C(OC2OC(CO)C(OC3OC(CO)C(O)C(O)C3O)C(O)C2O)C(O)C1O)C(O)/C=C/CC/C=C/CC/C=C/CCCCCCCCCCCCCCCCCC. The molecule has 0 spiro atoms. The predicted molar refractivity (Wildman–Crippen MR) is 443 cm³/mol. The van der Waals surface area contributed by atoms with Gasteiger partial charge in [-0.15, -0.1) is 0 Å². The Balaban J connectivity index is 1.34. The lowest BCUT2D eigenvalue weighted by Gasteiger charge is -2.48. The van der Waals surface area contributed by atoms with Crippen molar-refractivity contribution < 1.29 is 89.4 Å². The first-order valence-corrected chi connectivity index (χ1v) is 43.8. The van der Waals surface area contributed by atoms with Gasteiger partial charge in [0.05, 0.1) is 38.6 Å². The number of hydrogen-bond acceptors (Lipinski definition) is 18. The van der Waals surface area contributed by atoms with E-state index in [1.165, 1.54) is 193 Å². The molecule has 19 heteroatoms. The van der Waals surface area contributed by atoms with Crippen LogP contribution in [0.4, 0.5) is 0 Å². The lowest BCUT2D eigenvalue weighted by molar-refractivity contribution is -0.379. The summed E-state index contributed by atoms with van der Waals surface area (Å²) < 4.78 is 34.5. The summed E-state index contributed by atoms with van der Waals surface area (Å²) in [6.07, 6.45) is 72.0. The molecule has 17 unspecified atom stereocenters. The van der Waals surface area contributed by atoms with E-state index in [2.05, 4.69) is 129 Å². The first-order chi connectivity index (χ1) is 53.8. The number of carbonyl (C=O) groups is 1. The van der Waals surface area contributed by atoms with Gasteiger partial charge in [-0.1, -0.05) is 328 Å². The Morgan fingerprint density at radius 2 is 0.636 bits per heavy atom. The second-order valence-corrected chi connectivity index (χ2v) is 30.6. The molecule has 3 saturated heterocycles. The van der Waals surface area contributed by atoms with Gasteiger partial charge in [-0.2, -0.15) is 0 Å². The van der Waals surface area contributed by atoms with Gasteiger partial charge in [-0.3, -0.25) is 4.79 Å². The molecule has 1 amide bonds. The summed E-state index contributed by atoms with van der Waals surface area (Å²) in [7, 11) is 0. The van der Waals surface area contributed by atoms with Crippen LogP contribution in [-0.2, 0) is 33.2 Å². The van der Waals surface area contributed by atoms with Crippen LogP contribution >= 0.6 is 0 Å². The predicted octanol–water partition coefficient (Wildman–Crippen LogP) is 16.2. The monoisotopic (exact) mass is 1550 g/mol. The first kappa shape index (κ1) is 100. The van der Waals surface area contributed by atoms with Crippen molar-refractivity contribution in [1.82, 2.24) is 5.32 Å². The fourth-order valence-electron chi connectivity index (χ4n) is 14.0. The van der Waals surface area contributed by atoms with E-state index >= 15 is 0 Å². The minimum Gasteiger partial charge on any atom is -0.394 e. The van der Waals surface area contributed by atoms with Gasteiger partial charge in [0.2, 0.25) is 5.91 Å². The largest absolute Gasteiger partial charge is 0.394 e. The van der Waals surface area contributed by atoms with Crippen LogP contribution < -0.4 is 5.32 Å². The zero-order chi connectivity index (χ0) is 79.5.